The molecule has 0 saturated carbocycles. The third kappa shape index (κ3) is 5.13. The van der Waals surface area contributed by atoms with Gasteiger partial charge >= 0.3 is 5.97 Å². The number of carbonyl (C=O) groups is 2. The predicted molar refractivity (Wildman–Crippen MR) is 101 cm³/mol. The van der Waals surface area contributed by atoms with E-state index in [1.807, 2.05) is 13.8 Å². The number of ether oxygens (including phenoxy) is 4. The lowest BCUT2D eigenvalue weighted by Gasteiger charge is -2.13. The Labute approximate surface area is 158 Å². The smallest absolute Gasteiger partial charge is 0.338 e. The van der Waals surface area contributed by atoms with Gasteiger partial charge in [0.05, 0.1) is 32.1 Å². The van der Waals surface area contributed by atoms with Gasteiger partial charge in [0.1, 0.15) is 17.2 Å². The lowest BCUT2D eigenvalue weighted by atomic mass is 10.1. The molecule has 0 bridgehead atoms. The van der Waals surface area contributed by atoms with Gasteiger partial charge < -0.3 is 24.3 Å². The van der Waals surface area contributed by atoms with Crippen molar-refractivity contribution in [3.05, 3.63) is 47.5 Å². The molecule has 1 N–H and O–H groups in total. The Kier molecular flexibility index (Phi) is 7.05. The minimum Gasteiger partial charge on any atom is -0.496 e. The third-order valence-electron chi connectivity index (χ3n) is 3.78. The van der Waals surface area contributed by atoms with E-state index in [4.69, 9.17) is 18.9 Å². The fourth-order valence-electron chi connectivity index (χ4n) is 2.46. The van der Waals surface area contributed by atoms with Crippen molar-refractivity contribution in [1.82, 2.24) is 0 Å². The highest BCUT2D eigenvalue weighted by atomic mass is 16.5. The number of methoxy groups -OCH3 is 2. The van der Waals surface area contributed by atoms with Crippen LogP contribution in [-0.2, 0) is 9.53 Å². The molecule has 7 nitrogen and oxygen atoms in total. The maximum atomic E-state index is 12.3. The van der Waals surface area contributed by atoms with E-state index in [-0.39, 0.29) is 5.56 Å². The van der Waals surface area contributed by atoms with Crippen molar-refractivity contribution in [2.75, 3.05) is 32.8 Å². The maximum Gasteiger partial charge on any atom is 0.338 e. The molecular formula is C20H23NO6. The van der Waals surface area contributed by atoms with Crippen LogP contribution < -0.4 is 19.5 Å². The van der Waals surface area contributed by atoms with E-state index in [2.05, 4.69) is 5.32 Å². The molecule has 2 aromatic carbocycles. The number of esters is 1. The van der Waals surface area contributed by atoms with Gasteiger partial charge in [0.2, 0.25) is 0 Å². The molecule has 0 atom stereocenters. The van der Waals surface area contributed by atoms with Gasteiger partial charge in [0, 0.05) is 5.56 Å². The minimum absolute atomic E-state index is 0.233. The van der Waals surface area contributed by atoms with Gasteiger partial charge in [-0.05, 0) is 38.1 Å². The van der Waals surface area contributed by atoms with Gasteiger partial charge in [-0.3, -0.25) is 4.79 Å². The van der Waals surface area contributed by atoms with Crippen LogP contribution in [0.15, 0.2) is 36.4 Å². The van der Waals surface area contributed by atoms with Crippen molar-refractivity contribution >= 4 is 17.6 Å². The summed E-state index contributed by atoms with van der Waals surface area (Å²) >= 11 is 0. The van der Waals surface area contributed by atoms with Gasteiger partial charge in [0.25, 0.3) is 5.91 Å². The number of rotatable bonds is 8. The topological polar surface area (TPSA) is 83.1 Å². The number of para-hydroxylation sites is 2. The largest absolute Gasteiger partial charge is 0.496 e. The normalized spacial score (nSPS) is 10.1. The Hall–Kier alpha value is -3.22. The van der Waals surface area contributed by atoms with Gasteiger partial charge in [-0.2, -0.15) is 0 Å². The van der Waals surface area contributed by atoms with E-state index in [1.165, 1.54) is 14.2 Å². The highest BCUT2D eigenvalue weighted by Crippen LogP contribution is 2.29. The summed E-state index contributed by atoms with van der Waals surface area (Å²) in [5.41, 5.74) is 1.51. The number of anilines is 1. The number of benzene rings is 2. The zero-order chi connectivity index (χ0) is 19.8. The fourth-order valence-corrected chi connectivity index (χ4v) is 2.46. The van der Waals surface area contributed by atoms with Gasteiger partial charge in [-0.1, -0.05) is 12.1 Å². The molecule has 0 aliphatic heterocycles. The summed E-state index contributed by atoms with van der Waals surface area (Å²) in [6.07, 6.45) is 0. The van der Waals surface area contributed by atoms with E-state index >= 15 is 0 Å². The van der Waals surface area contributed by atoms with Crippen molar-refractivity contribution in [2.45, 2.75) is 13.8 Å². The number of hydrogen-bond donors (Lipinski definition) is 1. The predicted octanol–water partition coefficient (Wildman–Crippen LogP) is 3.21. The molecule has 0 aliphatic rings. The van der Waals surface area contributed by atoms with Crippen LogP contribution in [-0.4, -0.2) is 39.3 Å². The maximum absolute atomic E-state index is 12.3. The zero-order valence-corrected chi connectivity index (χ0v) is 15.8. The molecule has 1 amide bonds. The number of amides is 1. The molecule has 0 spiro atoms. The second-order valence-electron chi connectivity index (χ2n) is 5.56. The highest BCUT2D eigenvalue weighted by molar-refractivity contribution is 5.96. The Bertz CT molecular complexity index is 793. The first kappa shape index (κ1) is 20.1. The van der Waals surface area contributed by atoms with Crippen LogP contribution in [0.2, 0.25) is 0 Å². The monoisotopic (exact) mass is 373 g/mol. The average Bonchev–Trinajstić information content (AvgIpc) is 2.68. The summed E-state index contributed by atoms with van der Waals surface area (Å²) in [6.45, 7) is 3.71. The minimum atomic E-state index is -0.653. The summed E-state index contributed by atoms with van der Waals surface area (Å²) in [7, 11) is 3.00. The Morgan fingerprint density at radius 3 is 2.22 bits per heavy atom. The van der Waals surface area contributed by atoms with Crippen LogP contribution in [0.25, 0.3) is 0 Å². The second kappa shape index (κ2) is 9.47. The molecular weight excluding hydrogens is 350 g/mol. The van der Waals surface area contributed by atoms with Gasteiger partial charge in [-0.15, -0.1) is 0 Å². The van der Waals surface area contributed by atoms with Crippen LogP contribution in [0.3, 0.4) is 0 Å². The van der Waals surface area contributed by atoms with Crippen LogP contribution in [0.1, 0.15) is 22.8 Å². The summed E-state index contributed by atoms with van der Waals surface area (Å²) in [5.74, 6) is 0.418. The molecule has 7 heteroatoms. The van der Waals surface area contributed by atoms with E-state index < -0.39 is 18.5 Å². The Morgan fingerprint density at radius 2 is 1.63 bits per heavy atom. The van der Waals surface area contributed by atoms with E-state index in [9.17, 15) is 9.59 Å². The Morgan fingerprint density at radius 1 is 1.00 bits per heavy atom. The van der Waals surface area contributed by atoms with Crippen molar-refractivity contribution in [1.29, 1.82) is 0 Å². The molecule has 0 unspecified atom stereocenters. The zero-order valence-electron chi connectivity index (χ0n) is 15.8. The van der Waals surface area contributed by atoms with Crippen LogP contribution in [0, 0.1) is 6.92 Å². The first-order chi connectivity index (χ1) is 13.0. The molecule has 0 aliphatic carbocycles. The fraction of sp³-hybridized carbons (Fsp3) is 0.300. The van der Waals surface area contributed by atoms with Crippen molar-refractivity contribution in [2.24, 2.45) is 0 Å². The van der Waals surface area contributed by atoms with E-state index in [1.54, 1.807) is 36.4 Å². The first-order valence-corrected chi connectivity index (χ1v) is 8.41. The number of hydrogen-bond acceptors (Lipinski definition) is 6. The summed E-state index contributed by atoms with van der Waals surface area (Å²) < 4.78 is 21.0. The van der Waals surface area contributed by atoms with Crippen LogP contribution >= 0.6 is 0 Å². The van der Waals surface area contributed by atoms with Crippen molar-refractivity contribution in [3.8, 4) is 17.2 Å². The number of carbonyl (C=O) groups excluding carboxylic acids is 2. The van der Waals surface area contributed by atoms with Crippen molar-refractivity contribution in [3.63, 3.8) is 0 Å². The summed E-state index contributed by atoms with van der Waals surface area (Å²) in [4.78, 5) is 24.4. The number of nitrogens with one attached hydrogen (secondary N) is 1. The van der Waals surface area contributed by atoms with E-state index in [0.717, 1.165) is 5.56 Å². The molecule has 0 radical (unpaired) electrons. The third-order valence-corrected chi connectivity index (χ3v) is 3.78. The van der Waals surface area contributed by atoms with Crippen molar-refractivity contribution < 1.29 is 28.5 Å². The SMILES string of the molecule is CCOc1ccccc1NC(=O)COC(=O)c1cc(OC)c(C)c(OC)c1. The lowest BCUT2D eigenvalue weighted by Crippen LogP contribution is -2.21. The average molecular weight is 373 g/mol. The molecule has 2 rings (SSSR count). The summed E-state index contributed by atoms with van der Waals surface area (Å²) in [5, 5.41) is 2.67. The molecule has 27 heavy (non-hydrogen) atoms. The van der Waals surface area contributed by atoms with E-state index in [0.29, 0.717) is 29.5 Å². The van der Waals surface area contributed by atoms with Crippen LogP contribution in [0.4, 0.5) is 5.69 Å². The Balaban J connectivity index is 2.02. The molecule has 0 aromatic heterocycles. The molecule has 144 valence electrons. The highest BCUT2D eigenvalue weighted by Gasteiger charge is 2.16. The molecule has 2 aromatic rings. The molecule has 0 fully saturated rings. The molecule has 0 heterocycles. The van der Waals surface area contributed by atoms with Crippen LogP contribution in [0.5, 0.6) is 17.2 Å². The standard InChI is InChI=1S/C20H23NO6/c1-5-26-16-9-7-6-8-15(16)21-19(22)12-27-20(23)14-10-17(24-3)13(2)18(11-14)25-4/h6-11H,5,12H2,1-4H3,(H,21,22). The summed E-state index contributed by atoms with van der Waals surface area (Å²) in [6, 6.07) is 10.1. The second-order valence-corrected chi connectivity index (χ2v) is 5.56. The van der Waals surface area contributed by atoms with Gasteiger partial charge in [-0.25, -0.2) is 4.79 Å². The quantitative estimate of drug-likeness (QED) is 0.716. The lowest BCUT2D eigenvalue weighted by molar-refractivity contribution is -0.119. The molecule has 0 saturated heterocycles. The van der Waals surface area contributed by atoms with Gasteiger partial charge in [0.15, 0.2) is 6.61 Å². The first-order valence-electron chi connectivity index (χ1n) is 8.41.